The van der Waals surface area contributed by atoms with Crippen LogP contribution in [-0.4, -0.2) is 15.3 Å². The lowest BCUT2D eigenvalue weighted by atomic mass is 9.82. The van der Waals surface area contributed by atoms with E-state index in [9.17, 15) is 15.3 Å². The largest absolute Gasteiger partial charge is 0.386 e. The Labute approximate surface area is 109 Å². The molecule has 0 amide bonds. The fraction of sp³-hybridized carbons (Fsp3) is 0.600. The first kappa shape index (κ1) is 15.2. The number of hydrogen-bond acceptors (Lipinski definition) is 3. The summed E-state index contributed by atoms with van der Waals surface area (Å²) in [6.45, 7) is 10.1. The molecule has 3 N–H and O–H groups in total. The SMILES string of the molecule is CC(C)(O)c1ccc(C(C)(C)O)c(C(C)(C)O)c1. The van der Waals surface area contributed by atoms with Crippen LogP contribution < -0.4 is 0 Å². The molecular weight excluding hydrogens is 228 g/mol. The summed E-state index contributed by atoms with van der Waals surface area (Å²) in [5, 5.41) is 30.4. The summed E-state index contributed by atoms with van der Waals surface area (Å²) in [4.78, 5) is 0. The average molecular weight is 252 g/mol. The molecule has 18 heavy (non-hydrogen) atoms. The normalized spacial score (nSPS) is 13.8. The smallest absolute Gasteiger partial charge is 0.0844 e. The highest BCUT2D eigenvalue weighted by atomic mass is 16.3. The van der Waals surface area contributed by atoms with Crippen molar-refractivity contribution in [3.8, 4) is 0 Å². The maximum absolute atomic E-state index is 10.2. The van der Waals surface area contributed by atoms with Gasteiger partial charge < -0.3 is 15.3 Å². The van der Waals surface area contributed by atoms with Crippen LogP contribution in [0.25, 0.3) is 0 Å². The van der Waals surface area contributed by atoms with Gasteiger partial charge in [-0.15, -0.1) is 0 Å². The van der Waals surface area contributed by atoms with E-state index < -0.39 is 16.8 Å². The molecule has 1 aromatic carbocycles. The Morgan fingerprint density at radius 2 is 1.11 bits per heavy atom. The standard InChI is InChI=1S/C15H24O3/c1-13(2,16)10-7-8-11(14(3,4)17)12(9-10)15(5,6)18/h7-9,16-18H,1-6H3. The Morgan fingerprint density at radius 1 is 0.667 bits per heavy atom. The molecular formula is C15H24O3. The van der Waals surface area contributed by atoms with Gasteiger partial charge in [-0.3, -0.25) is 0 Å². The second-order valence-corrected chi connectivity index (χ2v) is 6.44. The summed E-state index contributed by atoms with van der Waals surface area (Å²) in [7, 11) is 0. The highest BCUT2D eigenvalue weighted by Crippen LogP contribution is 2.34. The summed E-state index contributed by atoms with van der Waals surface area (Å²) in [6.07, 6.45) is 0. The van der Waals surface area contributed by atoms with Crippen molar-refractivity contribution in [2.45, 2.75) is 58.3 Å². The molecule has 0 spiro atoms. The highest BCUT2D eigenvalue weighted by Gasteiger charge is 2.29. The Balaban J connectivity index is 3.50. The average Bonchev–Trinajstić information content (AvgIpc) is 2.12. The van der Waals surface area contributed by atoms with Gasteiger partial charge in [-0.05, 0) is 64.3 Å². The van der Waals surface area contributed by atoms with Gasteiger partial charge in [0.05, 0.1) is 16.8 Å². The van der Waals surface area contributed by atoms with Gasteiger partial charge in [0.25, 0.3) is 0 Å². The molecule has 0 fully saturated rings. The van der Waals surface area contributed by atoms with Crippen molar-refractivity contribution in [3.05, 3.63) is 34.9 Å². The predicted octanol–water partition coefficient (Wildman–Crippen LogP) is 2.37. The van der Waals surface area contributed by atoms with Crippen LogP contribution in [0.4, 0.5) is 0 Å². The van der Waals surface area contributed by atoms with Crippen molar-refractivity contribution in [3.63, 3.8) is 0 Å². The minimum atomic E-state index is -1.07. The second kappa shape index (κ2) is 4.34. The summed E-state index contributed by atoms with van der Waals surface area (Å²) >= 11 is 0. The zero-order valence-corrected chi connectivity index (χ0v) is 12.1. The van der Waals surface area contributed by atoms with Crippen LogP contribution >= 0.6 is 0 Å². The van der Waals surface area contributed by atoms with Crippen LogP contribution in [0.3, 0.4) is 0 Å². The number of aliphatic hydroxyl groups is 3. The van der Waals surface area contributed by atoms with E-state index in [0.29, 0.717) is 16.7 Å². The van der Waals surface area contributed by atoms with Crippen molar-refractivity contribution in [1.29, 1.82) is 0 Å². The molecule has 0 heterocycles. The monoisotopic (exact) mass is 252 g/mol. The van der Waals surface area contributed by atoms with Crippen LogP contribution in [-0.2, 0) is 16.8 Å². The van der Waals surface area contributed by atoms with Gasteiger partial charge in [-0.2, -0.15) is 0 Å². The van der Waals surface area contributed by atoms with Gasteiger partial charge in [-0.1, -0.05) is 12.1 Å². The van der Waals surface area contributed by atoms with Crippen molar-refractivity contribution < 1.29 is 15.3 Å². The van der Waals surface area contributed by atoms with Crippen LogP contribution in [0, 0.1) is 0 Å². The summed E-state index contributed by atoms with van der Waals surface area (Å²) in [6, 6.07) is 5.30. The lowest BCUT2D eigenvalue weighted by molar-refractivity contribution is 0.0504. The van der Waals surface area contributed by atoms with E-state index in [1.165, 1.54) is 0 Å². The molecule has 0 saturated heterocycles. The Morgan fingerprint density at radius 3 is 1.44 bits per heavy atom. The number of benzene rings is 1. The minimum absolute atomic E-state index is 0.634. The summed E-state index contributed by atoms with van der Waals surface area (Å²) < 4.78 is 0. The molecule has 0 aliphatic heterocycles. The molecule has 1 rings (SSSR count). The molecule has 0 unspecified atom stereocenters. The molecule has 0 atom stereocenters. The van der Waals surface area contributed by atoms with Gasteiger partial charge >= 0.3 is 0 Å². The molecule has 3 nitrogen and oxygen atoms in total. The second-order valence-electron chi connectivity index (χ2n) is 6.44. The van der Waals surface area contributed by atoms with Gasteiger partial charge in [-0.25, -0.2) is 0 Å². The van der Waals surface area contributed by atoms with Gasteiger partial charge in [0.15, 0.2) is 0 Å². The topological polar surface area (TPSA) is 60.7 Å². The van der Waals surface area contributed by atoms with Crippen LogP contribution in [0.15, 0.2) is 18.2 Å². The highest BCUT2D eigenvalue weighted by molar-refractivity contribution is 5.40. The van der Waals surface area contributed by atoms with E-state index in [4.69, 9.17) is 0 Å². The Kier molecular flexibility index (Phi) is 3.65. The number of rotatable bonds is 3. The molecule has 0 aliphatic carbocycles. The van der Waals surface area contributed by atoms with Crippen molar-refractivity contribution in [1.82, 2.24) is 0 Å². The third-order valence-corrected chi connectivity index (χ3v) is 3.04. The molecule has 3 heteroatoms. The van der Waals surface area contributed by atoms with Crippen LogP contribution in [0.5, 0.6) is 0 Å². The first-order valence-electron chi connectivity index (χ1n) is 6.16. The van der Waals surface area contributed by atoms with Crippen LogP contribution in [0.2, 0.25) is 0 Å². The van der Waals surface area contributed by atoms with E-state index in [1.807, 2.05) is 0 Å². The molecule has 1 aromatic rings. The number of hydrogen-bond donors (Lipinski definition) is 3. The van der Waals surface area contributed by atoms with E-state index in [1.54, 1.807) is 59.7 Å². The maximum atomic E-state index is 10.2. The van der Waals surface area contributed by atoms with Gasteiger partial charge in [0.2, 0.25) is 0 Å². The van der Waals surface area contributed by atoms with E-state index in [2.05, 4.69) is 0 Å². The fourth-order valence-electron chi connectivity index (χ4n) is 1.96. The molecule has 0 aliphatic rings. The summed E-state index contributed by atoms with van der Waals surface area (Å²) in [5.41, 5.74) is -1.06. The van der Waals surface area contributed by atoms with E-state index in [0.717, 1.165) is 0 Å². The Hall–Kier alpha value is -0.900. The lowest BCUT2D eigenvalue weighted by Crippen LogP contribution is -2.27. The van der Waals surface area contributed by atoms with Crippen molar-refractivity contribution >= 4 is 0 Å². The lowest BCUT2D eigenvalue weighted by Gasteiger charge is -2.30. The fourth-order valence-corrected chi connectivity index (χ4v) is 1.96. The van der Waals surface area contributed by atoms with E-state index in [-0.39, 0.29) is 0 Å². The Bertz CT molecular complexity index is 429. The molecule has 0 saturated carbocycles. The van der Waals surface area contributed by atoms with Crippen molar-refractivity contribution in [2.24, 2.45) is 0 Å². The zero-order valence-electron chi connectivity index (χ0n) is 12.1. The third kappa shape index (κ3) is 3.31. The van der Waals surface area contributed by atoms with E-state index >= 15 is 0 Å². The first-order valence-corrected chi connectivity index (χ1v) is 6.16. The molecule has 0 aromatic heterocycles. The van der Waals surface area contributed by atoms with Crippen molar-refractivity contribution in [2.75, 3.05) is 0 Å². The predicted molar refractivity (Wildman–Crippen MR) is 72.2 cm³/mol. The molecule has 0 radical (unpaired) electrons. The minimum Gasteiger partial charge on any atom is -0.386 e. The molecule has 102 valence electrons. The van der Waals surface area contributed by atoms with Crippen LogP contribution in [0.1, 0.15) is 58.2 Å². The maximum Gasteiger partial charge on any atom is 0.0844 e. The van der Waals surface area contributed by atoms with Gasteiger partial charge in [0.1, 0.15) is 0 Å². The third-order valence-electron chi connectivity index (χ3n) is 3.04. The summed E-state index contributed by atoms with van der Waals surface area (Å²) in [5.74, 6) is 0. The zero-order chi connectivity index (χ0) is 14.4. The molecule has 0 bridgehead atoms. The quantitative estimate of drug-likeness (QED) is 0.774. The first-order chi connectivity index (χ1) is 7.83. The van der Waals surface area contributed by atoms with Gasteiger partial charge in [0, 0.05) is 0 Å².